The normalized spacial score (nSPS) is 11.8. The lowest BCUT2D eigenvalue weighted by atomic mass is 10.0. The maximum Gasteiger partial charge on any atom is 0.132 e. The Labute approximate surface area is 109 Å². The Morgan fingerprint density at radius 2 is 1.83 bits per heavy atom. The fourth-order valence-corrected chi connectivity index (χ4v) is 2.11. The van der Waals surface area contributed by atoms with Crippen LogP contribution in [-0.2, 0) is 5.54 Å². The molecule has 0 aliphatic rings. The minimum absolute atomic E-state index is 0.0485. The van der Waals surface area contributed by atoms with Gasteiger partial charge >= 0.3 is 0 Å². The lowest BCUT2D eigenvalue weighted by molar-refractivity contribution is 0.402. The number of anilines is 1. The number of nitrogens with two attached hydrogens (primary N) is 1. The summed E-state index contributed by atoms with van der Waals surface area (Å²) in [5, 5.41) is 0. The molecule has 0 unspecified atom stereocenters. The molecular weight excluding hydrogens is 222 g/mol. The van der Waals surface area contributed by atoms with Gasteiger partial charge in [0.1, 0.15) is 11.5 Å². The second kappa shape index (κ2) is 4.16. The third-order valence-electron chi connectivity index (χ3n) is 3.39. The minimum Gasteiger partial charge on any atom is -0.383 e. The summed E-state index contributed by atoms with van der Waals surface area (Å²) in [5.41, 5.74) is 10.7. The van der Waals surface area contributed by atoms with E-state index >= 15 is 0 Å². The highest BCUT2D eigenvalue weighted by Crippen LogP contribution is 2.31. The molecule has 96 valence electrons. The van der Waals surface area contributed by atoms with Crippen LogP contribution in [0.15, 0.2) is 24.5 Å². The van der Waals surface area contributed by atoms with Crippen molar-refractivity contribution < 1.29 is 0 Å². The monoisotopic (exact) mass is 243 g/mol. The molecule has 0 bridgehead atoms. The fourth-order valence-electron chi connectivity index (χ4n) is 2.11. The summed E-state index contributed by atoms with van der Waals surface area (Å²) in [6.07, 6.45) is 1.83. The van der Waals surface area contributed by atoms with Crippen molar-refractivity contribution in [1.82, 2.24) is 9.55 Å². The van der Waals surface area contributed by atoms with E-state index in [4.69, 9.17) is 5.73 Å². The molecule has 1 aromatic carbocycles. The van der Waals surface area contributed by atoms with E-state index in [1.807, 2.05) is 17.0 Å². The van der Waals surface area contributed by atoms with Gasteiger partial charge in [-0.25, -0.2) is 4.98 Å². The Morgan fingerprint density at radius 1 is 1.17 bits per heavy atom. The van der Waals surface area contributed by atoms with Gasteiger partial charge in [0.2, 0.25) is 0 Å². The Kier molecular flexibility index (Phi) is 2.93. The van der Waals surface area contributed by atoms with E-state index in [2.05, 4.69) is 51.7 Å². The summed E-state index contributed by atoms with van der Waals surface area (Å²) in [6, 6.07) is 6.23. The van der Waals surface area contributed by atoms with Crippen LogP contribution < -0.4 is 5.73 Å². The summed E-state index contributed by atoms with van der Waals surface area (Å²) in [4.78, 5) is 4.49. The zero-order valence-corrected chi connectivity index (χ0v) is 11.8. The minimum atomic E-state index is -0.0485. The zero-order valence-electron chi connectivity index (χ0n) is 11.8. The quantitative estimate of drug-likeness (QED) is 0.833. The van der Waals surface area contributed by atoms with E-state index in [9.17, 15) is 0 Å². The predicted octanol–water partition coefficient (Wildman–Crippen LogP) is 3.50. The van der Waals surface area contributed by atoms with Crippen molar-refractivity contribution in [2.24, 2.45) is 0 Å². The average molecular weight is 243 g/mol. The largest absolute Gasteiger partial charge is 0.383 e. The van der Waals surface area contributed by atoms with Crippen LogP contribution in [0.2, 0.25) is 0 Å². The number of nitrogen functional groups attached to an aromatic ring is 1. The third kappa shape index (κ3) is 2.01. The summed E-state index contributed by atoms with van der Waals surface area (Å²) in [5.74, 6) is 0.733. The molecule has 0 radical (unpaired) electrons. The Hall–Kier alpha value is -1.77. The van der Waals surface area contributed by atoms with Crippen LogP contribution in [-0.4, -0.2) is 9.55 Å². The van der Waals surface area contributed by atoms with E-state index in [-0.39, 0.29) is 5.54 Å². The maximum absolute atomic E-state index is 6.24. The van der Waals surface area contributed by atoms with Crippen molar-refractivity contribution in [3.63, 3.8) is 0 Å². The molecule has 0 amide bonds. The van der Waals surface area contributed by atoms with Crippen LogP contribution in [0.25, 0.3) is 11.3 Å². The number of benzene rings is 1. The summed E-state index contributed by atoms with van der Waals surface area (Å²) in [7, 11) is 0. The molecule has 2 rings (SSSR count). The predicted molar refractivity (Wildman–Crippen MR) is 76.5 cm³/mol. The summed E-state index contributed by atoms with van der Waals surface area (Å²) in [6.45, 7) is 10.6. The van der Waals surface area contributed by atoms with Gasteiger partial charge in [0.15, 0.2) is 0 Å². The number of imidazole rings is 1. The average Bonchev–Trinajstić information content (AvgIpc) is 2.64. The molecule has 0 spiro atoms. The molecule has 3 nitrogen and oxygen atoms in total. The zero-order chi connectivity index (χ0) is 13.5. The second-order valence-electron chi connectivity index (χ2n) is 5.77. The van der Waals surface area contributed by atoms with Crippen molar-refractivity contribution >= 4 is 5.82 Å². The third-order valence-corrected chi connectivity index (χ3v) is 3.39. The van der Waals surface area contributed by atoms with Gasteiger partial charge in [-0.05, 0) is 45.7 Å². The molecule has 2 aromatic rings. The van der Waals surface area contributed by atoms with E-state index in [0.717, 1.165) is 17.1 Å². The number of hydrogen-bond acceptors (Lipinski definition) is 2. The topological polar surface area (TPSA) is 43.8 Å². The maximum atomic E-state index is 6.24. The molecule has 0 saturated heterocycles. The van der Waals surface area contributed by atoms with Gasteiger partial charge in [-0.2, -0.15) is 0 Å². The summed E-state index contributed by atoms with van der Waals surface area (Å²) >= 11 is 0. The van der Waals surface area contributed by atoms with Crippen LogP contribution >= 0.6 is 0 Å². The van der Waals surface area contributed by atoms with Gasteiger partial charge in [0, 0.05) is 11.1 Å². The highest BCUT2D eigenvalue weighted by molar-refractivity contribution is 5.74. The fraction of sp³-hybridized carbons (Fsp3) is 0.400. The first kappa shape index (κ1) is 12.7. The van der Waals surface area contributed by atoms with E-state index < -0.39 is 0 Å². The van der Waals surface area contributed by atoms with Gasteiger partial charge in [-0.1, -0.05) is 18.2 Å². The van der Waals surface area contributed by atoms with Gasteiger partial charge in [0.05, 0.1) is 6.33 Å². The molecule has 1 heterocycles. The molecule has 18 heavy (non-hydrogen) atoms. The number of aryl methyl sites for hydroxylation is 1. The number of nitrogens with zero attached hydrogens (tertiary/aromatic N) is 2. The van der Waals surface area contributed by atoms with Gasteiger partial charge in [-0.3, -0.25) is 0 Å². The molecule has 0 fully saturated rings. The molecule has 3 heteroatoms. The van der Waals surface area contributed by atoms with Crippen LogP contribution in [0.5, 0.6) is 0 Å². The smallest absolute Gasteiger partial charge is 0.132 e. The first-order chi connectivity index (χ1) is 8.32. The number of aromatic nitrogens is 2. The number of rotatable bonds is 1. The summed E-state index contributed by atoms with van der Waals surface area (Å²) < 4.78 is 2.02. The van der Waals surface area contributed by atoms with Crippen LogP contribution in [0.1, 0.15) is 31.9 Å². The Balaban J connectivity index is 2.60. The standard InChI is InChI=1S/C15H21N3/c1-10-7-6-8-12(11(10)2)13-14(16)18(9-17-13)15(3,4)5/h6-9H,16H2,1-5H3. The van der Waals surface area contributed by atoms with Gasteiger partial charge < -0.3 is 10.3 Å². The van der Waals surface area contributed by atoms with E-state index in [1.165, 1.54) is 11.1 Å². The van der Waals surface area contributed by atoms with E-state index in [0.29, 0.717) is 0 Å². The van der Waals surface area contributed by atoms with Crippen LogP contribution in [0.4, 0.5) is 5.82 Å². The highest BCUT2D eigenvalue weighted by atomic mass is 15.2. The van der Waals surface area contributed by atoms with Crippen molar-refractivity contribution in [1.29, 1.82) is 0 Å². The number of hydrogen-bond donors (Lipinski definition) is 1. The molecule has 0 aliphatic carbocycles. The molecular formula is C15H21N3. The van der Waals surface area contributed by atoms with Crippen molar-refractivity contribution in [3.8, 4) is 11.3 Å². The first-order valence-electron chi connectivity index (χ1n) is 6.22. The molecule has 0 atom stereocenters. The van der Waals surface area contributed by atoms with E-state index in [1.54, 1.807) is 0 Å². The van der Waals surface area contributed by atoms with Crippen molar-refractivity contribution in [3.05, 3.63) is 35.7 Å². The Morgan fingerprint density at radius 3 is 2.39 bits per heavy atom. The first-order valence-corrected chi connectivity index (χ1v) is 6.22. The van der Waals surface area contributed by atoms with Crippen molar-refractivity contribution in [2.45, 2.75) is 40.2 Å². The molecule has 0 aliphatic heterocycles. The highest BCUT2D eigenvalue weighted by Gasteiger charge is 2.20. The molecule has 2 N–H and O–H groups in total. The lowest BCUT2D eigenvalue weighted by Gasteiger charge is -2.22. The Bertz CT molecular complexity index is 574. The molecule has 0 saturated carbocycles. The van der Waals surface area contributed by atoms with Crippen molar-refractivity contribution in [2.75, 3.05) is 5.73 Å². The SMILES string of the molecule is Cc1cccc(-c2ncn(C(C)(C)C)c2N)c1C. The lowest BCUT2D eigenvalue weighted by Crippen LogP contribution is -2.22. The van der Waals surface area contributed by atoms with Gasteiger partial charge in [0.25, 0.3) is 0 Å². The van der Waals surface area contributed by atoms with Crippen LogP contribution in [0.3, 0.4) is 0 Å². The molecule has 1 aromatic heterocycles. The van der Waals surface area contributed by atoms with Gasteiger partial charge in [-0.15, -0.1) is 0 Å². The second-order valence-corrected chi connectivity index (χ2v) is 5.77. The van der Waals surface area contributed by atoms with Crippen LogP contribution in [0, 0.1) is 13.8 Å².